The van der Waals surface area contributed by atoms with E-state index >= 15 is 0 Å². The van der Waals surface area contributed by atoms with Crippen molar-refractivity contribution in [1.82, 2.24) is 5.32 Å². The lowest BCUT2D eigenvalue weighted by atomic mass is 9.99. The molecule has 1 aromatic rings. The molecule has 0 atom stereocenters. The van der Waals surface area contributed by atoms with E-state index in [1.165, 1.54) is 6.26 Å². The molecule has 1 fully saturated rings. The fourth-order valence-corrected chi connectivity index (χ4v) is 2.97. The Hall–Kier alpha value is -1.07. The first kappa shape index (κ1) is 13.4. The maximum absolute atomic E-state index is 11.4. The van der Waals surface area contributed by atoms with E-state index in [2.05, 4.69) is 24.1 Å². The molecule has 1 aliphatic heterocycles. The predicted octanol–water partition coefficient (Wildman–Crippen LogP) is 1.28. The monoisotopic (exact) mass is 268 g/mol. The van der Waals surface area contributed by atoms with E-state index in [4.69, 9.17) is 0 Å². The molecule has 0 amide bonds. The summed E-state index contributed by atoms with van der Waals surface area (Å²) in [5, 5.41) is 3.37. The van der Waals surface area contributed by atoms with Gasteiger partial charge >= 0.3 is 0 Å². The van der Waals surface area contributed by atoms with Gasteiger partial charge in [0.15, 0.2) is 9.84 Å². The molecular formula is C13H20N2O2S. The van der Waals surface area contributed by atoms with Crippen molar-refractivity contribution in [2.24, 2.45) is 0 Å². The van der Waals surface area contributed by atoms with Crippen LogP contribution in [0.25, 0.3) is 0 Å². The Labute approximate surface area is 109 Å². The molecule has 18 heavy (non-hydrogen) atoms. The molecule has 1 heterocycles. The van der Waals surface area contributed by atoms with E-state index in [1.807, 2.05) is 12.1 Å². The number of anilines is 1. The van der Waals surface area contributed by atoms with Crippen LogP contribution in [0, 0.1) is 0 Å². The molecule has 0 unspecified atom stereocenters. The van der Waals surface area contributed by atoms with Crippen molar-refractivity contribution in [3.8, 4) is 0 Å². The molecule has 4 nitrogen and oxygen atoms in total. The molecule has 1 aliphatic rings. The lowest BCUT2D eigenvalue weighted by Gasteiger charge is -2.44. The van der Waals surface area contributed by atoms with Crippen LogP contribution in [0.15, 0.2) is 29.2 Å². The van der Waals surface area contributed by atoms with Crippen LogP contribution in [0.2, 0.25) is 0 Å². The van der Waals surface area contributed by atoms with Crippen molar-refractivity contribution in [2.75, 3.05) is 30.8 Å². The number of benzene rings is 1. The third-order valence-corrected chi connectivity index (χ3v) is 4.51. The minimum absolute atomic E-state index is 0.0465. The highest BCUT2D eigenvalue weighted by atomic mass is 32.2. The number of hydrogen-bond acceptors (Lipinski definition) is 4. The quantitative estimate of drug-likeness (QED) is 0.878. The van der Waals surface area contributed by atoms with Crippen LogP contribution in [-0.2, 0) is 9.84 Å². The summed E-state index contributed by atoms with van der Waals surface area (Å²) in [5.41, 5.74) is 1.12. The largest absolute Gasteiger partial charge is 0.364 e. The molecule has 0 spiro atoms. The molecule has 1 saturated heterocycles. The number of sulfone groups is 1. The second-order valence-corrected chi connectivity index (χ2v) is 7.42. The first-order valence-electron chi connectivity index (χ1n) is 6.09. The van der Waals surface area contributed by atoms with Crippen LogP contribution < -0.4 is 10.2 Å². The molecule has 0 saturated carbocycles. The minimum Gasteiger partial charge on any atom is -0.364 e. The molecule has 0 radical (unpaired) electrons. The lowest BCUT2D eigenvalue weighted by molar-refractivity contribution is 0.380. The molecule has 0 aliphatic carbocycles. The molecule has 0 aromatic heterocycles. The van der Waals surface area contributed by atoms with E-state index in [-0.39, 0.29) is 5.54 Å². The summed E-state index contributed by atoms with van der Waals surface area (Å²) < 4.78 is 22.8. The zero-order chi connectivity index (χ0) is 13.4. The molecule has 2 rings (SSSR count). The SMILES string of the molecule is CC1(C)CNCCN1c1ccc(S(C)(=O)=O)cc1. The van der Waals surface area contributed by atoms with E-state index in [9.17, 15) is 8.42 Å². The van der Waals surface area contributed by atoms with Gasteiger partial charge in [0.05, 0.1) is 4.90 Å². The fraction of sp³-hybridized carbons (Fsp3) is 0.538. The van der Waals surface area contributed by atoms with E-state index in [0.717, 1.165) is 25.3 Å². The van der Waals surface area contributed by atoms with Crippen LogP contribution in [0.5, 0.6) is 0 Å². The highest BCUT2D eigenvalue weighted by Crippen LogP contribution is 2.26. The van der Waals surface area contributed by atoms with E-state index in [0.29, 0.717) is 4.90 Å². The predicted molar refractivity (Wildman–Crippen MR) is 73.8 cm³/mol. The summed E-state index contributed by atoms with van der Waals surface area (Å²) in [5.74, 6) is 0. The van der Waals surface area contributed by atoms with E-state index < -0.39 is 9.84 Å². The van der Waals surface area contributed by atoms with Gasteiger partial charge in [-0.05, 0) is 38.1 Å². The average molecular weight is 268 g/mol. The highest BCUT2D eigenvalue weighted by molar-refractivity contribution is 7.90. The Kier molecular flexibility index (Phi) is 3.38. The van der Waals surface area contributed by atoms with Crippen LogP contribution >= 0.6 is 0 Å². The first-order valence-corrected chi connectivity index (χ1v) is 7.98. The van der Waals surface area contributed by atoms with Gasteiger partial charge in [-0.15, -0.1) is 0 Å². The van der Waals surface area contributed by atoms with Crippen molar-refractivity contribution in [1.29, 1.82) is 0 Å². The lowest BCUT2D eigenvalue weighted by Crippen LogP contribution is -2.58. The van der Waals surface area contributed by atoms with Crippen LogP contribution in [0.3, 0.4) is 0 Å². The van der Waals surface area contributed by atoms with Gasteiger partial charge in [-0.25, -0.2) is 8.42 Å². The first-order chi connectivity index (χ1) is 8.31. The fourth-order valence-electron chi connectivity index (χ4n) is 2.34. The van der Waals surface area contributed by atoms with Gasteiger partial charge < -0.3 is 10.2 Å². The molecule has 1 N–H and O–H groups in total. The smallest absolute Gasteiger partial charge is 0.175 e. The zero-order valence-corrected chi connectivity index (χ0v) is 11.9. The summed E-state index contributed by atoms with van der Waals surface area (Å²) >= 11 is 0. The molecule has 100 valence electrons. The number of hydrogen-bond donors (Lipinski definition) is 1. The van der Waals surface area contributed by atoms with Crippen molar-refractivity contribution >= 4 is 15.5 Å². The van der Waals surface area contributed by atoms with Crippen molar-refractivity contribution in [3.63, 3.8) is 0 Å². The Morgan fingerprint density at radius 2 is 1.83 bits per heavy atom. The van der Waals surface area contributed by atoms with Gasteiger partial charge in [0, 0.05) is 37.1 Å². The van der Waals surface area contributed by atoms with Crippen molar-refractivity contribution in [2.45, 2.75) is 24.3 Å². The Bertz CT molecular complexity index is 520. The summed E-state index contributed by atoms with van der Waals surface area (Å²) in [6, 6.07) is 7.15. The second-order valence-electron chi connectivity index (χ2n) is 5.41. The third kappa shape index (κ3) is 2.67. The Balaban J connectivity index is 2.29. The van der Waals surface area contributed by atoms with Crippen molar-refractivity contribution in [3.05, 3.63) is 24.3 Å². The maximum Gasteiger partial charge on any atom is 0.175 e. The van der Waals surface area contributed by atoms with Gasteiger partial charge in [0.2, 0.25) is 0 Å². The summed E-state index contributed by atoms with van der Waals surface area (Å²) in [7, 11) is -3.11. The molecule has 1 aromatic carbocycles. The van der Waals surface area contributed by atoms with Crippen LogP contribution in [-0.4, -0.2) is 39.8 Å². The molecular weight excluding hydrogens is 248 g/mol. The molecule has 0 bridgehead atoms. The number of piperazine rings is 1. The average Bonchev–Trinajstić information content (AvgIpc) is 2.27. The number of nitrogens with zero attached hydrogens (tertiary/aromatic N) is 1. The van der Waals surface area contributed by atoms with Gasteiger partial charge in [-0.3, -0.25) is 0 Å². The second kappa shape index (κ2) is 4.55. The van der Waals surface area contributed by atoms with Gasteiger partial charge in [0.1, 0.15) is 0 Å². The third-order valence-electron chi connectivity index (χ3n) is 3.38. The van der Waals surface area contributed by atoms with Gasteiger partial charge in [-0.2, -0.15) is 0 Å². The van der Waals surface area contributed by atoms with Gasteiger partial charge in [-0.1, -0.05) is 0 Å². The van der Waals surface area contributed by atoms with Gasteiger partial charge in [0.25, 0.3) is 0 Å². The summed E-state index contributed by atoms with van der Waals surface area (Å²) in [4.78, 5) is 2.69. The topological polar surface area (TPSA) is 49.4 Å². The van der Waals surface area contributed by atoms with Crippen LogP contribution in [0.4, 0.5) is 5.69 Å². The van der Waals surface area contributed by atoms with Crippen molar-refractivity contribution < 1.29 is 8.42 Å². The summed E-state index contributed by atoms with van der Waals surface area (Å²) in [6.07, 6.45) is 1.23. The zero-order valence-electron chi connectivity index (χ0n) is 11.1. The maximum atomic E-state index is 11.4. The minimum atomic E-state index is -3.11. The number of nitrogens with one attached hydrogen (secondary N) is 1. The van der Waals surface area contributed by atoms with E-state index in [1.54, 1.807) is 12.1 Å². The standard InChI is InChI=1S/C13H20N2O2S/c1-13(2)10-14-8-9-15(13)11-4-6-12(7-5-11)18(3,16)17/h4-7,14H,8-10H2,1-3H3. The Morgan fingerprint density at radius 3 is 2.33 bits per heavy atom. The number of rotatable bonds is 2. The molecule has 5 heteroatoms. The Morgan fingerprint density at radius 1 is 1.22 bits per heavy atom. The highest BCUT2D eigenvalue weighted by Gasteiger charge is 2.29. The normalized spacial score (nSPS) is 19.8. The summed E-state index contributed by atoms with van der Waals surface area (Å²) in [6.45, 7) is 7.19. The van der Waals surface area contributed by atoms with Crippen LogP contribution in [0.1, 0.15) is 13.8 Å².